The first-order valence-electron chi connectivity index (χ1n) is 37.4. The zero-order valence-electron chi connectivity index (χ0n) is 59.3. The van der Waals surface area contributed by atoms with E-state index in [1.165, 1.54) is 173 Å². The Labute approximate surface area is 556 Å². The lowest BCUT2D eigenvalue weighted by atomic mass is 10.00. The Morgan fingerprint density at radius 3 is 0.835 bits per heavy atom. The average molecular weight is 1340 g/mol. The number of ether oxygens (including phenoxy) is 4. The molecule has 0 aromatic carbocycles. The van der Waals surface area contributed by atoms with Gasteiger partial charge in [-0.15, -0.1) is 0 Å². The van der Waals surface area contributed by atoms with E-state index in [2.05, 4.69) is 48.5 Å². The minimum Gasteiger partial charge on any atom is -0.462 e. The number of carbonyl (C=O) groups excluding carboxylic acids is 4. The third kappa shape index (κ3) is 65.1. The van der Waals surface area contributed by atoms with Crippen molar-refractivity contribution in [3.05, 3.63) is 0 Å². The molecule has 3 unspecified atom stereocenters. The van der Waals surface area contributed by atoms with E-state index in [9.17, 15) is 43.2 Å². The van der Waals surface area contributed by atoms with Gasteiger partial charge in [-0.05, 0) is 43.4 Å². The Kier molecular flexibility index (Phi) is 61.5. The quantitative estimate of drug-likeness (QED) is 0.0222. The summed E-state index contributed by atoms with van der Waals surface area (Å²) in [6, 6.07) is 0. The van der Waals surface area contributed by atoms with Crippen LogP contribution in [0.25, 0.3) is 0 Å². The van der Waals surface area contributed by atoms with Gasteiger partial charge in [0.1, 0.15) is 19.3 Å². The molecule has 6 atom stereocenters. The fraction of sp³-hybridized carbons (Fsp3) is 0.944. The zero-order chi connectivity index (χ0) is 67.3. The fourth-order valence-corrected chi connectivity index (χ4v) is 12.4. The van der Waals surface area contributed by atoms with Crippen LogP contribution in [0, 0.1) is 17.8 Å². The molecule has 0 aliphatic rings. The van der Waals surface area contributed by atoms with Crippen molar-refractivity contribution in [2.45, 2.75) is 381 Å². The summed E-state index contributed by atoms with van der Waals surface area (Å²) in [5, 5.41) is 10.6. The number of esters is 4. The minimum atomic E-state index is -4.95. The van der Waals surface area contributed by atoms with Crippen LogP contribution in [0.4, 0.5) is 0 Å². The number of hydrogen-bond acceptors (Lipinski definition) is 15. The highest BCUT2D eigenvalue weighted by Crippen LogP contribution is 2.45. The molecular formula is C72H140O17P2. The van der Waals surface area contributed by atoms with Crippen molar-refractivity contribution in [2.75, 3.05) is 39.6 Å². The molecule has 0 amide bonds. The molecule has 0 aromatic rings. The summed E-state index contributed by atoms with van der Waals surface area (Å²) >= 11 is 0. The summed E-state index contributed by atoms with van der Waals surface area (Å²) < 4.78 is 68.2. The topological polar surface area (TPSA) is 237 Å². The predicted octanol–water partition coefficient (Wildman–Crippen LogP) is 20.6. The highest BCUT2D eigenvalue weighted by atomic mass is 31.2. The zero-order valence-corrected chi connectivity index (χ0v) is 61.1. The van der Waals surface area contributed by atoms with E-state index in [4.69, 9.17) is 37.0 Å². The van der Waals surface area contributed by atoms with Gasteiger partial charge in [0.2, 0.25) is 0 Å². The van der Waals surface area contributed by atoms with E-state index in [0.717, 1.165) is 108 Å². The number of aliphatic hydroxyl groups excluding tert-OH is 1. The van der Waals surface area contributed by atoms with E-state index < -0.39 is 97.5 Å². The number of rotatable bonds is 70. The number of phosphoric acid groups is 2. The molecule has 17 nitrogen and oxygen atoms in total. The van der Waals surface area contributed by atoms with Crippen LogP contribution in [0.5, 0.6) is 0 Å². The summed E-state index contributed by atoms with van der Waals surface area (Å²) in [6.07, 6.45) is 47.4. The largest absolute Gasteiger partial charge is 0.472 e. The van der Waals surface area contributed by atoms with Gasteiger partial charge in [0, 0.05) is 25.7 Å². The molecule has 0 saturated heterocycles. The maximum atomic E-state index is 13.0. The maximum absolute atomic E-state index is 13.0. The number of phosphoric ester groups is 2. The van der Waals surface area contributed by atoms with Crippen molar-refractivity contribution in [1.82, 2.24) is 0 Å². The Morgan fingerprint density at radius 1 is 0.319 bits per heavy atom. The third-order valence-corrected chi connectivity index (χ3v) is 18.9. The van der Waals surface area contributed by atoms with E-state index in [1.54, 1.807) is 0 Å². The first kappa shape index (κ1) is 89.1. The van der Waals surface area contributed by atoms with Crippen LogP contribution < -0.4 is 0 Å². The molecule has 0 saturated carbocycles. The minimum absolute atomic E-state index is 0.103. The van der Waals surface area contributed by atoms with Gasteiger partial charge in [0.05, 0.1) is 26.4 Å². The van der Waals surface area contributed by atoms with Crippen LogP contribution in [-0.2, 0) is 65.4 Å². The molecule has 540 valence electrons. The molecule has 0 radical (unpaired) electrons. The fourth-order valence-electron chi connectivity index (χ4n) is 10.9. The number of hydrogen-bond donors (Lipinski definition) is 3. The van der Waals surface area contributed by atoms with Crippen molar-refractivity contribution in [2.24, 2.45) is 17.8 Å². The van der Waals surface area contributed by atoms with Crippen LogP contribution >= 0.6 is 15.6 Å². The average Bonchev–Trinajstić information content (AvgIpc) is 3.73. The molecule has 0 fully saturated rings. The predicted molar refractivity (Wildman–Crippen MR) is 368 cm³/mol. The van der Waals surface area contributed by atoms with Gasteiger partial charge in [0.25, 0.3) is 0 Å². The number of carbonyl (C=O) groups is 4. The summed E-state index contributed by atoms with van der Waals surface area (Å²) in [6.45, 7) is 11.8. The van der Waals surface area contributed by atoms with E-state index >= 15 is 0 Å². The monoisotopic (exact) mass is 1340 g/mol. The van der Waals surface area contributed by atoms with Gasteiger partial charge in [-0.2, -0.15) is 0 Å². The normalized spacial score (nSPS) is 14.5. The molecule has 0 aliphatic heterocycles. The van der Waals surface area contributed by atoms with Crippen LogP contribution in [0.15, 0.2) is 0 Å². The van der Waals surface area contributed by atoms with Crippen LogP contribution in [-0.4, -0.2) is 96.7 Å². The van der Waals surface area contributed by atoms with Gasteiger partial charge < -0.3 is 33.8 Å². The SMILES string of the molecule is CCCCCCCCCCCC(=O)OC[C@H](COP(=O)(O)OC[C@H](O)COP(=O)(O)OC[C@@H](COC(=O)CCCCCCCCCCC(C)C)OC(=O)CCCCCCCCCCCCCCCCCCCCC(C)C)OC(=O)CCCCCCCCC(C)CC. The van der Waals surface area contributed by atoms with E-state index in [0.29, 0.717) is 25.7 Å². The second-order valence-corrected chi connectivity index (χ2v) is 30.1. The molecule has 0 spiro atoms. The van der Waals surface area contributed by atoms with Gasteiger partial charge in [-0.3, -0.25) is 37.3 Å². The van der Waals surface area contributed by atoms with E-state index in [1.807, 2.05) is 0 Å². The molecular weight excluding hydrogens is 1200 g/mol. The highest BCUT2D eigenvalue weighted by Gasteiger charge is 2.30. The smallest absolute Gasteiger partial charge is 0.462 e. The lowest BCUT2D eigenvalue weighted by Crippen LogP contribution is -2.30. The first-order chi connectivity index (χ1) is 43.8. The second kappa shape index (κ2) is 62.8. The Hall–Kier alpha value is -1.94. The first-order valence-corrected chi connectivity index (χ1v) is 40.4. The molecule has 0 rings (SSSR count). The molecule has 0 heterocycles. The molecule has 0 aliphatic carbocycles. The van der Waals surface area contributed by atoms with Gasteiger partial charge in [-0.1, -0.05) is 312 Å². The summed E-state index contributed by atoms with van der Waals surface area (Å²) in [5.74, 6) is 0.138. The standard InChI is InChI=1S/C72H140O17P2/c1-8-10-11-12-13-24-31-39-46-53-69(74)82-60-68(89-72(77)56-49-42-35-34-38-45-52-65(7)9-2)62-87-91(80,81)85-58-66(73)57-84-90(78,79)86-61-67(59-83-70(75)54-47-40-32-28-27-30-37-44-51-64(5)6)88-71(76)55-48-41-33-26-23-21-19-17-15-14-16-18-20-22-25-29-36-43-50-63(3)4/h63-68,73H,8-62H2,1-7H3,(H,78,79)(H,80,81)/t65?,66-,67-,68-/m1/s1. The molecule has 0 aromatic heterocycles. The summed E-state index contributed by atoms with van der Waals surface area (Å²) in [7, 11) is -9.90. The van der Waals surface area contributed by atoms with Gasteiger partial charge in [-0.25, -0.2) is 9.13 Å². The Morgan fingerprint density at radius 2 is 0.560 bits per heavy atom. The highest BCUT2D eigenvalue weighted by molar-refractivity contribution is 7.47. The molecule has 3 N–H and O–H groups in total. The van der Waals surface area contributed by atoms with Gasteiger partial charge in [0.15, 0.2) is 12.2 Å². The van der Waals surface area contributed by atoms with Crippen molar-refractivity contribution >= 4 is 39.5 Å². The Bertz CT molecular complexity index is 1790. The number of aliphatic hydroxyl groups is 1. The lowest BCUT2D eigenvalue weighted by molar-refractivity contribution is -0.161. The van der Waals surface area contributed by atoms with Crippen LogP contribution in [0.2, 0.25) is 0 Å². The lowest BCUT2D eigenvalue weighted by Gasteiger charge is -2.21. The van der Waals surface area contributed by atoms with Crippen molar-refractivity contribution in [3.8, 4) is 0 Å². The van der Waals surface area contributed by atoms with Crippen molar-refractivity contribution < 1.29 is 80.2 Å². The summed E-state index contributed by atoms with van der Waals surface area (Å²) in [5.41, 5.74) is 0. The Balaban J connectivity index is 5.16. The van der Waals surface area contributed by atoms with Crippen LogP contribution in [0.1, 0.15) is 363 Å². The van der Waals surface area contributed by atoms with Crippen molar-refractivity contribution in [3.63, 3.8) is 0 Å². The van der Waals surface area contributed by atoms with Crippen molar-refractivity contribution in [1.29, 1.82) is 0 Å². The van der Waals surface area contributed by atoms with E-state index in [-0.39, 0.29) is 25.7 Å². The second-order valence-electron chi connectivity index (χ2n) is 27.2. The molecule has 19 heteroatoms. The van der Waals surface area contributed by atoms with Crippen LogP contribution in [0.3, 0.4) is 0 Å². The summed E-state index contributed by atoms with van der Waals surface area (Å²) in [4.78, 5) is 72.5. The number of unbranched alkanes of at least 4 members (excludes halogenated alkanes) is 37. The third-order valence-electron chi connectivity index (χ3n) is 17.0. The maximum Gasteiger partial charge on any atom is 0.472 e. The molecule has 91 heavy (non-hydrogen) atoms. The molecule has 0 bridgehead atoms. The van der Waals surface area contributed by atoms with Gasteiger partial charge >= 0.3 is 39.5 Å².